The molecule has 0 aliphatic heterocycles. The van der Waals surface area contributed by atoms with Gasteiger partial charge in [0, 0.05) is 27.1 Å². The third-order valence-corrected chi connectivity index (χ3v) is 9.03. The fraction of sp³-hybridized carbons (Fsp3) is 0.0455. The first-order valence-corrected chi connectivity index (χ1v) is 16.1. The second kappa shape index (κ2) is 12.2. The number of amidine groups is 1. The van der Waals surface area contributed by atoms with Crippen molar-refractivity contribution in [1.29, 1.82) is 0 Å². The molecule has 0 aliphatic rings. The highest BCUT2D eigenvalue weighted by molar-refractivity contribution is 6.23. The smallest absolute Gasteiger partial charge is 0.160 e. The largest absolute Gasteiger partial charge is 0.454 e. The van der Waals surface area contributed by atoms with E-state index in [-0.39, 0.29) is 0 Å². The van der Waals surface area contributed by atoms with Crippen LogP contribution in [0, 0.1) is 6.92 Å². The fourth-order valence-electron chi connectivity index (χ4n) is 6.67. The number of allylic oxidation sites excluding steroid dienone is 3. The van der Waals surface area contributed by atoms with Crippen LogP contribution in [0.25, 0.3) is 66.4 Å². The van der Waals surface area contributed by atoms with Crippen molar-refractivity contribution in [1.82, 2.24) is 4.57 Å². The maximum atomic E-state index is 6.84. The molecule has 8 aromatic rings. The SMILES string of the molecule is C=C/C=C\c1cc2c(cc1C)c1ccc3c4cc5ccccc5cc4oc3c1n2C(=C/Cc1ccccc1)/N=C(\N=C)c1ccccc1. The Morgan fingerprint density at radius 2 is 1.48 bits per heavy atom. The summed E-state index contributed by atoms with van der Waals surface area (Å²) in [5, 5.41) is 6.70. The van der Waals surface area contributed by atoms with Gasteiger partial charge in [-0.05, 0) is 83.9 Å². The lowest BCUT2D eigenvalue weighted by molar-refractivity contribution is 0.671. The maximum Gasteiger partial charge on any atom is 0.160 e. The van der Waals surface area contributed by atoms with Gasteiger partial charge in [-0.2, -0.15) is 0 Å². The molecule has 2 heterocycles. The lowest BCUT2D eigenvalue weighted by Crippen LogP contribution is -2.03. The molecule has 0 fully saturated rings. The summed E-state index contributed by atoms with van der Waals surface area (Å²) in [5.41, 5.74) is 8.03. The van der Waals surface area contributed by atoms with Crippen LogP contribution in [0.1, 0.15) is 22.3 Å². The molecule has 0 aliphatic carbocycles. The molecule has 8 rings (SSSR count). The summed E-state index contributed by atoms with van der Waals surface area (Å²) in [6, 6.07) is 42.2. The fourth-order valence-corrected chi connectivity index (χ4v) is 6.67. The van der Waals surface area contributed by atoms with E-state index in [1.807, 2.05) is 42.5 Å². The summed E-state index contributed by atoms with van der Waals surface area (Å²) >= 11 is 0. The highest BCUT2D eigenvalue weighted by Crippen LogP contribution is 2.42. The number of aromatic nitrogens is 1. The Kier molecular flexibility index (Phi) is 7.39. The van der Waals surface area contributed by atoms with E-state index in [4.69, 9.17) is 9.41 Å². The lowest BCUT2D eigenvalue weighted by atomic mass is 10.0. The molecule has 2 aromatic heterocycles. The summed E-state index contributed by atoms with van der Waals surface area (Å²) in [6.07, 6.45) is 8.73. The topological polar surface area (TPSA) is 42.8 Å². The van der Waals surface area contributed by atoms with Gasteiger partial charge in [-0.1, -0.05) is 116 Å². The standard InChI is InChI=1S/C44H33N3O/c1-4-5-16-32-27-39-37(25-29(32)2)35-22-23-36-38-26-33-19-12-13-20-34(33)28-40(38)48-43(36)42(35)47(39)41(24-21-30-14-8-6-9-15-30)46-44(45-3)31-17-10-7-11-18-31/h4-20,22-28H,1,3,21H2,2H3/b16-5-,41-24+,46-44-. The number of fused-ring (bicyclic) bond motifs is 8. The van der Waals surface area contributed by atoms with Gasteiger partial charge in [0.05, 0.1) is 11.0 Å². The molecule has 0 amide bonds. The molecule has 0 N–H and O–H groups in total. The van der Waals surface area contributed by atoms with E-state index in [2.05, 4.69) is 127 Å². The quantitative estimate of drug-likeness (QED) is 0.0994. The van der Waals surface area contributed by atoms with E-state index in [0.29, 0.717) is 12.3 Å². The van der Waals surface area contributed by atoms with Gasteiger partial charge in [0.25, 0.3) is 0 Å². The molecule has 0 saturated carbocycles. The molecule has 0 radical (unpaired) electrons. The van der Waals surface area contributed by atoms with E-state index in [1.54, 1.807) is 6.08 Å². The van der Waals surface area contributed by atoms with Gasteiger partial charge in [-0.15, -0.1) is 0 Å². The van der Waals surface area contributed by atoms with E-state index in [1.165, 1.54) is 16.5 Å². The number of nitrogens with zero attached hydrogens (tertiary/aromatic N) is 3. The van der Waals surface area contributed by atoms with Crippen LogP contribution in [-0.4, -0.2) is 17.1 Å². The number of aryl methyl sites for hydroxylation is 1. The van der Waals surface area contributed by atoms with E-state index in [9.17, 15) is 0 Å². The zero-order chi connectivity index (χ0) is 32.6. The van der Waals surface area contributed by atoms with Crippen LogP contribution in [-0.2, 0) is 6.42 Å². The maximum absolute atomic E-state index is 6.84. The molecular weight excluding hydrogens is 587 g/mol. The molecule has 6 aromatic carbocycles. The van der Waals surface area contributed by atoms with Gasteiger partial charge in [0.15, 0.2) is 11.4 Å². The predicted octanol–water partition coefficient (Wildman–Crippen LogP) is 11.5. The number of hydrogen-bond acceptors (Lipinski definition) is 2. The van der Waals surface area contributed by atoms with Gasteiger partial charge in [0.1, 0.15) is 11.4 Å². The summed E-state index contributed by atoms with van der Waals surface area (Å²) in [4.78, 5) is 9.70. The van der Waals surface area contributed by atoms with Crippen LogP contribution in [0.3, 0.4) is 0 Å². The van der Waals surface area contributed by atoms with Crippen LogP contribution < -0.4 is 0 Å². The Morgan fingerprint density at radius 3 is 2.23 bits per heavy atom. The number of benzene rings is 6. The monoisotopic (exact) mass is 619 g/mol. The summed E-state index contributed by atoms with van der Waals surface area (Å²) in [6.45, 7) is 9.97. The molecule has 0 bridgehead atoms. The zero-order valence-electron chi connectivity index (χ0n) is 26.7. The second-order valence-electron chi connectivity index (χ2n) is 12.0. The Morgan fingerprint density at radius 1 is 0.771 bits per heavy atom. The lowest BCUT2D eigenvalue weighted by Gasteiger charge is -2.12. The summed E-state index contributed by atoms with van der Waals surface area (Å²) in [5.74, 6) is 1.29. The minimum Gasteiger partial charge on any atom is -0.454 e. The number of aliphatic imine (C=N–C) groups is 2. The number of hydrogen-bond donors (Lipinski definition) is 0. The highest BCUT2D eigenvalue weighted by Gasteiger charge is 2.21. The van der Waals surface area contributed by atoms with Crippen LogP contribution >= 0.6 is 0 Å². The Bertz CT molecular complexity index is 2620. The van der Waals surface area contributed by atoms with E-state index < -0.39 is 0 Å². The van der Waals surface area contributed by atoms with Gasteiger partial charge < -0.3 is 4.42 Å². The molecule has 0 saturated heterocycles. The average Bonchev–Trinajstić information content (AvgIpc) is 3.65. The third-order valence-electron chi connectivity index (χ3n) is 9.03. The predicted molar refractivity (Wildman–Crippen MR) is 205 cm³/mol. The second-order valence-corrected chi connectivity index (χ2v) is 12.0. The Labute approximate surface area is 279 Å². The summed E-state index contributed by atoms with van der Waals surface area (Å²) in [7, 11) is 0. The van der Waals surface area contributed by atoms with Crippen LogP contribution in [0.15, 0.2) is 161 Å². The van der Waals surface area contributed by atoms with Crippen LogP contribution in [0.5, 0.6) is 0 Å². The molecule has 4 heteroatoms. The molecule has 4 nitrogen and oxygen atoms in total. The van der Waals surface area contributed by atoms with Crippen molar-refractivity contribution >= 4 is 79.0 Å². The molecular formula is C44H33N3O. The van der Waals surface area contributed by atoms with E-state index >= 15 is 0 Å². The van der Waals surface area contributed by atoms with Crippen molar-refractivity contribution in [2.45, 2.75) is 13.3 Å². The molecule has 48 heavy (non-hydrogen) atoms. The molecule has 0 atom stereocenters. The first-order valence-electron chi connectivity index (χ1n) is 16.1. The first-order chi connectivity index (χ1) is 23.6. The molecule has 230 valence electrons. The van der Waals surface area contributed by atoms with Gasteiger partial charge >= 0.3 is 0 Å². The van der Waals surface area contributed by atoms with Crippen molar-refractivity contribution in [2.75, 3.05) is 0 Å². The molecule has 0 spiro atoms. The molecule has 0 unspecified atom stereocenters. The highest BCUT2D eigenvalue weighted by atomic mass is 16.3. The van der Waals surface area contributed by atoms with Crippen molar-refractivity contribution in [3.8, 4) is 0 Å². The Balaban J connectivity index is 1.51. The minimum absolute atomic E-state index is 0.548. The van der Waals surface area contributed by atoms with Crippen molar-refractivity contribution < 1.29 is 4.42 Å². The normalized spacial score (nSPS) is 12.7. The van der Waals surface area contributed by atoms with Crippen LogP contribution in [0.2, 0.25) is 0 Å². The van der Waals surface area contributed by atoms with Gasteiger partial charge in [-0.25, -0.2) is 9.98 Å². The minimum atomic E-state index is 0.548. The summed E-state index contributed by atoms with van der Waals surface area (Å²) < 4.78 is 9.09. The van der Waals surface area contributed by atoms with Crippen molar-refractivity contribution in [3.05, 3.63) is 168 Å². The number of furan rings is 1. The van der Waals surface area contributed by atoms with Crippen LogP contribution in [0.4, 0.5) is 0 Å². The van der Waals surface area contributed by atoms with Crippen molar-refractivity contribution in [2.24, 2.45) is 9.98 Å². The average molecular weight is 620 g/mol. The van der Waals surface area contributed by atoms with Crippen molar-refractivity contribution in [3.63, 3.8) is 0 Å². The number of rotatable bonds is 7. The van der Waals surface area contributed by atoms with E-state index in [0.717, 1.165) is 66.1 Å². The van der Waals surface area contributed by atoms with Gasteiger partial charge in [-0.3, -0.25) is 4.57 Å². The Hall–Kier alpha value is -6.26. The third kappa shape index (κ3) is 5.04. The zero-order valence-corrected chi connectivity index (χ0v) is 26.7. The van der Waals surface area contributed by atoms with Gasteiger partial charge in [0.2, 0.25) is 0 Å². The first kappa shape index (κ1) is 29.2.